The van der Waals surface area contributed by atoms with E-state index in [0.717, 1.165) is 35.8 Å². The Bertz CT molecular complexity index is 1320. The van der Waals surface area contributed by atoms with Gasteiger partial charge in [-0.25, -0.2) is 19.5 Å². The first-order valence-corrected chi connectivity index (χ1v) is 10.6. The molecule has 0 aliphatic carbocycles. The Morgan fingerprint density at radius 3 is 2.56 bits per heavy atom. The highest BCUT2D eigenvalue weighted by molar-refractivity contribution is 6.12. The molecule has 2 unspecified atom stereocenters. The average molecular weight is 432 g/mol. The Kier molecular flexibility index (Phi) is 4.93. The second-order valence-electron chi connectivity index (χ2n) is 8.44. The highest BCUT2D eigenvalue weighted by atomic mass is 16.1. The first-order chi connectivity index (χ1) is 15.4. The van der Waals surface area contributed by atoms with Crippen molar-refractivity contribution < 1.29 is 4.79 Å². The number of aryl methyl sites for hydroxylation is 2. The van der Waals surface area contributed by atoms with Gasteiger partial charge in [-0.2, -0.15) is 0 Å². The van der Waals surface area contributed by atoms with Gasteiger partial charge in [0, 0.05) is 43.8 Å². The molecule has 10 nitrogen and oxygen atoms in total. The number of carbonyl (C=O) groups excluding carboxylic acids is 1. The van der Waals surface area contributed by atoms with Gasteiger partial charge in [0.2, 0.25) is 0 Å². The largest absolute Gasteiger partial charge is 0.352 e. The molecular weight excluding hydrogens is 406 g/mol. The van der Waals surface area contributed by atoms with Crippen LogP contribution in [0.2, 0.25) is 0 Å². The molecule has 2 atom stereocenters. The number of rotatable bonds is 3. The number of amides is 1. The fourth-order valence-electron chi connectivity index (χ4n) is 4.33. The maximum atomic E-state index is 13.2. The van der Waals surface area contributed by atoms with E-state index >= 15 is 0 Å². The number of nitrogens with zero attached hydrogens (tertiary/aromatic N) is 7. The van der Waals surface area contributed by atoms with Crippen LogP contribution in [0.1, 0.15) is 35.5 Å². The fourth-order valence-corrected chi connectivity index (χ4v) is 4.33. The second kappa shape index (κ2) is 7.79. The van der Waals surface area contributed by atoms with Gasteiger partial charge in [0.15, 0.2) is 17.3 Å². The monoisotopic (exact) mass is 431 g/mol. The number of hydrogen-bond donors (Lipinski definition) is 2. The van der Waals surface area contributed by atoms with Crippen molar-refractivity contribution in [3.8, 4) is 0 Å². The van der Waals surface area contributed by atoms with Crippen molar-refractivity contribution in [2.75, 3.05) is 23.3 Å². The molecule has 1 amide bonds. The predicted molar refractivity (Wildman–Crippen MR) is 122 cm³/mol. The number of carbonyl (C=O) groups is 1. The Hall–Kier alpha value is -3.66. The second-order valence-corrected chi connectivity index (χ2v) is 8.44. The summed E-state index contributed by atoms with van der Waals surface area (Å²) in [5.74, 6) is 0.845. The number of imidazole rings is 1. The summed E-state index contributed by atoms with van der Waals surface area (Å²) in [6.45, 7) is 9.75. The van der Waals surface area contributed by atoms with Crippen LogP contribution in [0.15, 0.2) is 30.9 Å². The predicted octanol–water partition coefficient (Wildman–Crippen LogP) is 2.12. The van der Waals surface area contributed by atoms with Crippen LogP contribution < -0.4 is 15.5 Å². The van der Waals surface area contributed by atoms with Crippen LogP contribution in [0.25, 0.3) is 16.7 Å². The molecule has 1 saturated heterocycles. The van der Waals surface area contributed by atoms with Gasteiger partial charge < -0.3 is 15.5 Å². The molecule has 5 rings (SSSR count). The quantitative estimate of drug-likeness (QED) is 0.507. The normalized spacial score (nSPS) is 18.9. The Morgan fingerprint density at radius 1 is 1.09 bits per heavy atom. The number of pyridine rings is 1. The smallest absolute Gasteiger partial charge is 0.260 e. The maximum absolute atomic E-state index is 13.2. The van der Waals surface area contributed by atoms with Crippen LogP contribution in [0.4, 0.5) is 11.6 Å². The van der Waals surface area contributed by atoms with Crippen LogP contribution in [-0.4, -0.2) is 60.6 Å². The Balaban J connectivity index is 1.50. The summed E-state index contributed by atoms with van der Waals surface area (Å²) >= 11 is 0. The maximum Gasteiger partial charge on any atom is 0.260 e. The van der Waals surface area contributed by atoms with E-state index in [4.69, 9.17) is 0 Å². The van der Waals surface area contributed by atoms with Gasteiger partial charge >= 0.3 is 0 Å². The molecule has 0 radical (unpaired) electrons. The molecular formula is C22H25N9O. The molecule has 4 aromatic rings. The van der Waals surface area contributed by atoms with E-state index in [1.165, 1.54) is 0 Å². The molecule has 2 N–H and O–H groups in total. The van der Waals surface area contributed by atoms with Crippen LogP contribution in [0, 0.1) is 13.8 Å². The number of piperazine rings is 1. The van der Waals surface area contributed by atoms with Crippen molar-refractivity contribution in [3.05, 3.63) is 47.7 Å². The third-order valence-corrected chi connectivity index (χ3v) is 5.55. The SMILES string of the molecule is Cc1cn2nc(NC(=O)c3cnc(N4CC(C)NC(C)C4)c4nccnc34)cc(C)c2n1. The van der Waals surface area contributed by atoms with E-state index in [-0.39, 0.29) is 5.91 Å². The first-order valence-electron chi connectivity index (χ1n) is 10.6. The standard InChI is InChI=1S/C22H25N9O/c1-12-7-17(29-31-11-15(4)27-20(12)31)28-22(32)16-8-25-21(19-18(16)23-5-6-24-19)30-9-13(2)26-14(3)10-30/h5-8,11,13-14,26H,9-10H2,1-4H3,(H,28,29,32). The molecule has 0 saturated carbocycles. The molecule has 32 heavy (non-hydrogen) atoms. The molecule has 1 aliphatic heterocycles. The minimum Gasteiger partial charge on any atom is -0.352 e. The van der Waals surface area contributed by atoms with E-state index in [0.29, 0.717) is 34.5 Å². The topological polar surface area (TPSA) is 113 Å². The minimum absolute atomic E-state index is 0.325. The van der Waals surface area contributed by atoms with Gasteiger partial charge in [0.1, 0.15) is 11.0 Å². The number of fused-ring (bicyclic) bond motifs is 2. The zero-order valence-electron chi connectivity index (χ0n) is 18.5. The molecule has 1 aliphatic rings. The molecule has 5 heterocycles. The first kappa shape index (κ1) is 20.3. The number of anilines is 2. The lowest BCUT2D eigenvalue weighted by atomic mass is 10.1. The van der Waals surface area contributed by atoms with Gasteiger partial charge in [0.05, 0.1) is 17.5 Å². The number of hydrogen-bond acceptors (Lipinski definition) is 8. The molecule has 0 bridgehead atoms. The molecule has 1 fully saturated rings. The third kappa shape index (κ3) is 3.62. The van der Waals surface area contributed by atoms with Crippen LogP contribution in [0.3, 0.4) is 0 Å². The third-order valence-electron chi connectivity index (χ3n) is 5.55. The Labute approximate surface area is 185 Å². The van der Waals surface area contributed by atoms with E-state index in [2.05, 4.69) is 54.4 Å². The van der Waals surface area contributed by atoms with Crippen LogP contribution in [0.5, 0.6) is 0 Å². The fraction of sp³-hybridized carbons (Fsp3) is 0.364. The lowest BCUT2D eigenvalue weighted by Gasteiger charge is -2.37. The Morgan fingerprint density at radius 2 is 1.81 bits per heavy atom. The van der Waals surface area contributed by atoms with Crippen molar-refractivity contribution >= 4 is 34.2 Å². The lowest BCUT2D eigenvalue weighted by molar-refractivity contribution is 0.102. The summed E-state index contributed by atoms with van der Waals surface area (Å²) in [5.41, 5.74) is 4.04. The van der Waals surface area contributed by atoms with Gasteiger partial charge in [0.25, 0.3) is 5.91 Å². The van der Waals surface area contributed by atoms with Crippen LogP contribution in [-0.2, 0) is 0 Å². The van der Waals surface area contributed by atoms with Crippen LogP contribution >= 0.6 is 0 Å². The highest BCUT2D eigenvalue weighted by Crippen LogP contribution is 2.26. The van der Waals surface area contributed by atoms with Gasteiger partial charge in [-0.3, -0.25) is 9.78 Å². The van der Waals surface area contributed by atoms with Gasteiger partial charge in [-0.15, -0.1) is 5.10 Å². The molecule has 164 valence electrons. The molecule has 0 aromatic carbocycles. The summed E-state index contributed by atoms with van der Waals surface area (Å²) < 4.78 is 1.67. The van der Waals surface area contributed by atoms with Crippen molar-refractivity contribution in [1.82, 2.24) is 34.9 Å². The summed E-state index contributed by atoms with van der Waals surface area (Å²) in [6.07, 6.45) is 6.62. The zero-order valence-corrected chi connectivity index (χ0v) is 18.5. The van der Waals surface area contributed by atoms with Crippen molar-refractivity contribution in [2.24, 2.45) is 0 Å². The van der Waals surface area contributed by atoms with E-state index < -0.39 is 0 Å². The number of nitrogens with one attached hydrogen (secondary N) is 2. The molecule has 10 heteroatoms. The van der Waals surface area contributed by atoms with Gasteiger partial charge in [-0.05, 0) is 39.3 Å². The zero-order chi connectivity index (χ0) is 22.4. The molecule has 4 aromatic heterocycles. The van der Waals surface area contributed by atoms with Crippen molar-refractivity contribution in [3.63, 3.8) is 0 Å². The summed E-state index contributed by atoms with van der Waals surface area (Å²) in [6, 6.07) is 2.45. The number of aromatic nitrogens is 6. The highest BCUT2D eigenvalue weighted by Gasteiger charge is 2.25. The van der Waals surface area contributed by atoms with Crippen molar-refractivity contribution in [1.29, 1.82) is 0 Å². The lowest BCUT2D eigenvalue weighted by Crippen LogP contribution is -2.54. The van der Waals surface area contributed by atoms with Crippen molar-refractivity contribution in [2.45, 2.75) is 39.8 Å². The minimum atomic E-state index is -0.334. The summed E-state index contributed by atoms with van der Waals surface area (Å²) in [4.78, 5) is 33.4. The molecule has 0 spiro atoms. The average Bonchev–Trinajstić information content (AvgIpc) is 3.13. The summed E-state index contributed by atoms with van der Waals surface area (Å²) in [7, 11) is 0. The van der Waals surface area contributed by atoms with E-state index in [1.807, 2.05) is 20.0 Å². The summed E-state index contributed by atoms with van der Waals surface area (Å²) in [5, 5.41) is 10.9. The van der Waals surface area contributed by atoms with E-state index in [1.54, 1.807) is 29.2 Å². The van der Waals surface area contributed by atoms with Gasteiger partial charge in [-0.1, -0.05) is 0 Å². The van der Waals surface area contributed by atoms with E-state index in [9.17, 15) is 4.79 Å².